The Kier molecular flexibility index (Phi) is 9.51. The number of carbonyl (C=O) groups is 4. The van der Waals surface area contributed by atoms with Crippen molar-refractivity contribution >= 4 is 33.8 Å². The van der Waals surface area contributed by atoms with Crippen LogP contribution in [0.25, 0.3) is 0 Å². The molecule has 2 aromatic carbocycles. The second kappa shape index (κ2) is 13.4. The largest absolute Gasteiger partial charge is 0.444 e. The lowest BCUT2D eigenvalue weighted by atomic mass is 9.87. The fourth-order valence-electron chi connectivity index (χ4n) is 7.31. The Balaban J connectivity index is 1.22. The van der Waals surface area contributed by atoms with Gasteiger partial charge in [-0.3, -0.25) is 24.0 Å². The maximum Gasteiger partial charge on any atom is 0.410 e. The number of benzene rings is 2. The van der Waals surface area contributed by atoms with Crippen molar-refractivity contribution in [3.63, 3.8) is 0 Å². The first-order chi connectivity index (χ1) is 23.2. The van der Waals surface area contributed by atoms with Crippen LogP contribution in [0.3, 0.4) is 0 Å². The third-order valence-corrected chi connectivity index (χ3v) is 12.3. The van der Waals surface area contributed by atoms with Gasteiger partial charge in [-0.25, -0.2) is 17.6 Å². The molecule has 2 N–H and O–H groups in total. The Bertz CT molecular complexity index is 1760. The van der Waals surface area contributed by atoms with Gasteiger partial charge in [-0.05, 0) is 61.6 Å². The van der Waals surface area contributed by atoms with E-state index in [1.54, 1.807) is 12.1 Å². The number of sulfonamides is 1. The molecule has 3 fully saturated rings. The maximum atomic E-state index is 14.4. The third kappa shape index (κ3) is 7.18. The highest BCUT2D eigenvalue weighted by Crippen LogP contribution is 2.47. The molecule has 6 rings (SSSR count). The van der Waals surface area contributed by atoms with E-state index in [2.05, 4.69) is 10.0 Å². The van der Waals surface area contributed by atoms with E-state index in [9.17, 15) is 32.0 Å². The van der Waals surface area contributed by atoms with Crippen molar-refractivity contribution in [2.45, 2.75) is 102 Å². The lowest BCUT2D eigenvalue weighted by Crippen LogP contribution is -2.57. The average Bonchev–Trinajstić information content (AvgIpc) is 3.94. The molecule has 0 aromatic heterocycles. The first-order valence-corrected chi connectivity index (χ1v) is 18.7. The summed E-state index contributed by atoms with van der Waals surface area (Å²) in [5.74, 6) is -2.89. The van der Waals surface area contributed by atoms with E-state index < -0.39 is 62.6 Å². The van der Waals surface area contributed by atoms with Crippen LogP contribution < -0.4 is 10.0 Å². The van der Waals surface area contributed by atoms with Crippen LogP contribution in [0.4, 0.5) is 9.18 Å². The Morgan fingerprint density at radius 3 is 2.45 bits per heavy atom. The summed E-state index contributed by atoms with van der Waals surface area (Å²) < 4.78 is 47.7. The van der Waals surface area contributed by atoms with Gasteiger partial charge in [0.15, 0.2) is 0 Å². The van der Waals surface area contributed by atoms with Crippen LogP contribution in [0.2, 0.25) is 0 Å². The number of rotatable bonds is 11. The van der Waals surface area contributed by atoms with Crippen molar-refractivity contribution in [3.8, 4) is 0 Å². The molecule has 11 nitrogen and oxygen atoms in total. The summed E-state index contributed by atoms with van der Waals surface area (Å²) in [6, 6.07) is 11.5. The summed E-state index contributed by atoms with van der Waals surface area (Å²) in [4.78, 5) is 58.1. The van der Waals surface area contributed by atoms with Crippen molar-refractivity contribution in [3.05, 3.63) is 70.5 Å². The number of amides is 4. The fraction of sp³-hybridized carbons (Fsp3) is 0.556. The number of hydrogen-bond acceptors (Lipinski definition) is 7. The SMILES string of the molecule is CC[C@@H]1C[C@]1(NC(=O)[C@@H]1C[C@@H](OC(=O)N2Cc3cccc(F)c3C2)CN1C(=O)[C@@H](Cc1cccc(C)c1)C(C)C)C(=O)NS(=O)(=O)C1CC1. The quantitative estimate of drug-likeness (QED) is 0.362. The third-order valence-electron chi connectivity index (χ3n) is 10.5. The Morgan fingerprint density at radius 1 is 1.08 bits per heavy atom. The zero-order valence-electron chi connectivity index (χ0n) is 28.4. The van der Waals surface area contributed by atoms with Gasteiger partial charge >= 0.3 is 6.09 Å². The van der Waals surface area contributed by atoms with Gasteiger partial charge in [0.2, 0.25) is 21.8 Å². The van der Waals surface area contributed by atoms with Crippen LogP contribution in [0, 0.1) is 30.5 Å². The molecule has 0 bridgehead atoms. The Hall–Kier alpha value is -4.00. The minimum atomic E-state index is -3.85. The number of likely N-dealkylation sites (tertiary alicyclic amines) is 1. The molecule has 2 heterocycles. The summed E-state index contributed by atoms with van der Waals surface area (Å²) in [5.41, 5.74) is 1.74. The van der Waals surface area contributed by atoms with Gasteiger partial charge in [-0.1, -0.05) is 69.2 Å². The van der Waals surface area contributed by atoms with Crippen molar-refractivity contribution in [1.82, 2.24) is 19.8 Å². The number of carbonyl (C=O) groups excluding carboxylic acids is 4. The minimum Gasteiger partial charge on any atom is -0.444 e. The molecule has 2 aliphatic heterocycles. The van der Waals surface area contributed by atoms with Gasteiger partial charge in [0.05, 0.1) is 18.3 Å². The molecule has 5 atom stereocenters. The normalized spacial score (nSPS) is 25.1. The van der Waals surface area contributed by atoms with E-state index in [-0.39, 0.29) is 50.2 Å². The molecular formula is C36H45FN4O7S. The van der Waals surface area contributed by atoms with Crippen LogP contribution in [0.1, 0.15) is 75.1 Å². The number of nitrogens with one attached hydrogen (secondary N) is 2. The molecule has 2 saturated carbocycles. The van der Waals surface area contributed by atoms with Gasteiger partial charge in [0.25, 0.3) is 5.91 Å². The smallest absolute Gasteiger partial charge is 0.410 e. The van der Waals surface area contributed by atoms with Gasteiger partial charge in [-0.15, -0.1) is 0 Å². The van der Waals surface area contributed by atoms with E-state index in [0.29, 0.717) is 36.8 Å². The molecule has 0 spiro atoms. The molecule has 0 unspecified atom stereocenters. The molecular weight excluding hydrogens is 651 g/mol. The predicted octanol–water partition coefficient (Wildman–Crippen LogP) is 3.96. The summed E-state index contributed by atoms with van der Waals surface area (Å²) in [5, 5.41) is 2.24. The van der Waals surface area contributed by atoms with E-state index in [0.717, 1.165) is 11.1 Å². The van der Waals surface area contributed by atoms with Crippen LogP contribution in [-0.2, 0) is 48.7 Å². The molecule has 49 heavy (non-hydrogen) atoms. The van der Waals surface area contributed by atoms with E-state index in [1.165, 1.54) is 15.9 Å². The number of halogens is 1. The zero-order valence-corrected chi connectivity index (χ0v) is 29.2. The Labute approximate surface area is 287 Å². The fourth-order valence-corrected chi connectivity index (χ4v) is 8.68. The summed E-state index contributed by atoms with van der Waals surface area (Å²) in [7, 11) is -3.85. The lowest BCUT2D eigenvalue weighted by Gasteiger charge is -2.31. The minimum absolute atomic E-state index is 0.0113. The van der Waals surface area contributed by atoms with E-state index >= 15 is 0 Å². The molecule has 2 aromatic rings. The van der Waals surface area contributed by atoms with E-state index in [4.69, 9.17) is 4.74 Å². The standard InChI is InChI=1S/C36H45FN4O7S/c1-5-25-17-36(25,34(44)39-49(46,47)27-12-13-27)38-32(42)31-16-26(48-35(45)40-18-24-10-7-11-30(37)29(24)20-40)19-41(31)33(43)28(21(2)3)15-23-9-6-8-22(4)14-23/h6-11,14,21,25-28,31H,5,12-13,15-20H2,1-4H3,(H,38,42)(H,39,44)/t25-,26-,28+,31+,36-/m1/s1. The number of nitrogens with zero attached hydrogens (tertiary/aromatic N) is 2. The average molecular weight is 697 g/mol. The number of ether oxygens (including phenoxy) is 1. The Morgan fingerprint density at radius 2 is 1.82 bits per heavy atom. The molecule has 0 radical (unpaired) electrons. The molecule has 4 amide bonds. The summed E-state index contributed by atoms with van der Waals surface area (Å²) >= 11 is 0. The molecule has 13 heteroatoms. The first kappa shape index (κ1) is 34.8. The molecule has 2 aliphatic carbocycles. The highest BCUT2D eigenvalue weighted by atomic mass is 32.2. The maximum absolute atomic E-state index is 14.4. The van der Waals surface area contributed by atoms with Gasteiger partial charge in [-0.2, -0.15) is 0 Å². The zero-order chi connectivity index (χ0) is 35.2. The van der Waals surface area contributed by atoms with E-state index in [1.807, 2.05) is 52.0 Å². The monoisotopic (exact) mass is 696 g/mol. The van der Waals surface area contributed by atoms with Gasteiger partial charge < -0.3 is 15.0 Å². The highest BCUT2D eigenvalue weighted by Gasteiger charge is 2.62. The van der Waals surface area contributed by atoms with Crippen molar-refractivity contribution < 1.29 is 36.7 Å². The van der Waals surface area contributed by atoms with Crippen molar-refractivity contribution in [2.75, 3.05) is 6.54 Å². The molecule has 1 saturated heterocycles. The molecule has 264 valence electrons. The van der Waals surface area contributed by atoms with Gasteiger partial charge in [0, 0.05) is 24.4 Å². The second-order valence-electron chi connectivity index (χ2n) is 14.5. The second-order valence-corrected chi connectivity index (χ2v) is 16.4. The number of aryl methyl sites for hydroxylation is 1. The van der Waals surface area contributed by atoms with Crippen LogP contribution in [0.15, 0.2) is 42.5 Å². The summed E-state index contributed by atoms with van der Waals surface area (Å²) in [6.07, 6.45) is 0.686. The van der Waals surface area contributed by atoms with Crippen LogP contribution >= 0.6 is 0 Å². The number of hydrogen-bond donors (Lipinski definition) is 2. The molecule has 4 aliphatic rings. The van der Waals surface area contributed by atoms with Crippen molar-refractivity contribution in [2.24, 2.45) is 17.8 Å². The lowest BCUT2D eigenvalue weighted by molar-refractivity contribution is -0.143. The number of fused-ring (bicyclic) bond motifs is 1. The predicted molar refractivity (Wildman–Crippen MR) is 179 cm³/mol. The first-order valence-electron chi connectivity index (χ1n) is 17.2. The van der Waals surface area contributed by atoms with Crippen molar-refractivity contribution in [1.29, 1.82) is 0 Å². The highest BCUT2D eigenvalue weighted by molar-refractivity contribution is 7.91. The van der Waals surface area contributed by atoms with Gasteiger partial charge in [0.1, 0.15) is 23.5 Å². The van der Waals surface area contributed by atoms with Crippen LogP contribution in [-0.4, -0.2) is 71.5 Å². The van der Waals surface area contributed by atoms with Crippen LogP contribution in [0.5, 0.6) is 0 Å². The topological polar surface area (TPSA) is 142 Å². The summed E-state index contributed by atoms with van der Waals surface area (Å²) in [6.45, 7) is 7.92.